The average molecular weight is 441 g/mol. The third-order valence-electron chi connectivity index (χ3n) is 5.92. The Morgan fingerprint density at radius 2 is 1.81 bits per heavy atom. The number of para-hydroxylation sites is 1. The number of benzene rings is 2. The second kappa shape index (κ2) is 10.9. The Hall–Kier alpha value is -3.22. The number of ether oxygens (including phenoxy) is 3. The number of nitrogens with zero attached hydrogens (tertiary/aromatic N) is 1. The van der Waals surface area contributed by atoms with Crippen LogP contribution in [0.1, 0.15) is 41.6 Å². The monoisotopic (exact) mass is 440 g/mol. The molecular formula is C25H32N2O5. The first kappa shape index (κ1) is 23.4. The van der Waals surface area contributed by atoms with Gasteiger partial charge in [-0.3, -0.25) is 9.59 Å². The molecule has 0 aliphatic carbocycles. The van der Waals surface area contributed by atoms with Crippen molar-refractivity contribution >= 4 is 11.8 Å². The van der Waals surface area contributed by atoms with E-state index in [1.54, 1.807) is 50.5 Å². The molecule has 0 aromatic heterocycles. The number of unbranched alkanes of at least 4 members (excludes halogenated alkanes) is 1. The van der Waals surface area contributed by atoms with E-state index in [-0.39, 0.29) is 23.7 Å². The number of nitrogens with one attached hydrogen (secondary N) is 1. The molecule has 2 unspecified atom stereocenters. The summed E-state index contributed by atoms with van der Waals surface area (Å²) in [6.45, 7) is 3.45. The van der Waals surface area contributed by atoms with E-state index in [0.29, 0.717) is 42.4 Å². The number of methoxy groups -OCH3 is 3. The minimum Gasteiger partial charge on any atom is -0.497 e. The van der Waals surface area contributed by atoms with Crippen LogP contribution in [0.2, 0.25) is 0 Å². The lowest BCUT2D eigenvalue weighted by Crippen LogP contribution is -2.36. The lowest BCUT2D eigenvalue weighted by atomic mass is 9.87. The molecule has 1 aliphatic heterocycles. The molecular weight excluding hydrogens is 408 g/mol. The van der Waals surface area contributed by atoms with Crippen molar-refractivity contribution in [2.45, 2.75) is 25.7 Å². The smallest absolute Gasteiger partial charge is 0.254 e. The minimum absolute atomic E-state index is 0.0470. The van der Waals surface area contributed by atoms with Crippen molar-refractivity contribution < 1.29 is 23.8 Å². The van der Waals surface area contributed by atoms with Crippen LogP contribution in [0, 0.1) is 5.92 Å². The van der Waals surface area contributed by atoms with Gasteiger partial charge in [0.2, 0.25) is 5.91 Å². The average Bonchev–Trinajstić information content (AvgIpc) is 3.28. The Morgan fingerprint density at radius 1 is 1.03 bits per heavy atom. The van der Waals surface area contributed by atoms with Crippen molar-refractivity contribution in [2.75, 3.05) is 41.0 Å². The van der Waals surface area contributed by atoms with Gasteiger partial charge in [-0.15, -0.1) is 0 Å². The van der Waals surface area contributed by atoms with Gasteiger partial charge in [0, 0.05) is 36.7 Å². The van der Waals surface area contributed by atoms with Crippen molar-refractivity contribution in [1.29, 1.82) is 0 Å². The third-order valence-corrected chi connectivity index (χ3v) is 5.92. The SMILES string of the molecule is CCCCNC(=O)C1CN(C(=O)c2cccc(OC)c2)CC1c1cccc(OC)c1OC. The zero-order chi connectivity index (χ0) is 23.1. The molecule has 2 aromatic rings. The molecule has 2 atom stereocenters. The fourth-order valence-corrected chi connectivity index (χ4v) is 4.21. The summed E-state index contributed by atoms with van der Waals surface area (Å²) in [5, 5.41) is 3.04. The van der Waals surface area contributed by atoms with Crippen LogP contribution in [0.3, 0.4) is 0 Å². The molecule has 7 nitrogen and oxygen atoms in total. The van der Waals surface area contributed by atoms with Gasteiger partial charge in [-0.25, -0.2) is 0 Å². The molecule has 2 aromatic carbocycles. The van der Waals surface area contributed by atoms with Crippen LogP contribution in [0.5, 0.6) is 17.2 Å². The molecule has 1 saturated heterocycles. The van der Waals surface area contributed by atoms with E-state index >= 15 is 0 Å². The van der Waals surface area contributed by atoms with Gasteiger partial charge in [0.05, 0.1) is 27.2 Å². The number of rotatable bonds is 9. The van der Waals surface area contributed by atoms with E-state index in [0.717, 1.165) is 18.4 Å². The molecule has 1 N–H and O–H groups in total. The first-order chi connectivity index (χ1) is 15.5. The lowest BCUT2D eigenvalue weighted by molar-refractivity contribution is -0.124. The van der Waals surface area contributed by atoms with Crippen molar-refractivity contribution in [3.8, 4) is 17.2 Å². The number of carbonyl (C=O) groups is 2. The van der Waals surface area contributed by atoms with Gasteiger partial charge >= 0.3 is 0 Å². The highest BCUT2D eigenvalue weighted by Crippen LogP contribution is 2.42. The molecule has 0 radical (unpaired) electrons. The summed E-state index contributed by atoms with van der Waals surface area (Å²) in [4.78, 5) is 28.1. The van der Waals surface area contributed by atoms with E-state index in [1.807, 2.05) is 18.2 Å². The standard InChI is InChI=1S/C25H32N2O5/c1-5-6-13-26-24(28)21-16-27(25(29)17-9-7-10-18(14-17)30-2)15-20(21)19-11-8-12-22(31-3)23(19)32-4/h7-12,14,20-21H,5-6,13,15-16H2,1-4H3,(H,26,28). The topological polar surface area (TPSA) is 77.1 Å². The maximum absolute atomic E-state index is 13.3. The van der Waals surface area contributed by atoms with E-state index in [9.17, 15) is 9.59 Å². The summed E-state index contributed by atoms with van der Waals surface area (Å²) in [5.74, 6) is 1.05. The fraction of sp³-hybridized carbons (Fsp3) is 0.440. The molecule has 32 heavy (non-hydrogen) atoms. The molecule has 1 heterocycles. The quantitative estimate of drug-likeness (QED) is 0.604. The number of hydrogen-bond donors (Lipinski definition) is 1. The Balaban J connectivity index is 1.92. The van der Waals surface area contributed by atoms with Crippen LogP contribution in [0.15, 0.2) is 42.5 Å². The van der Waals surface area contributed by atoms with Crippen LogP contribution in [-0.4, -0.2) is 57.7 Å². The summed E-state index contributed by atoms with van der Waals surface area (Å²) >= 11 is 0. The molecule has 172 valence electrons. The van der Waals surface area contributed by atoms with Crippen molar-refractivity contribution in [1.82, 2.24) is 10.2 Å². The highest BCUT2D eigenvalue weighted by Gasteiger charge is 2.42. The molecule has 1 fully saturated rings. The summed E-state index contributed by atoms with van der Waals surface area (Å²) in [7, 11) is 4.75. The highest BCUT2D eigenvalue weighted by molar-refractivity contribution is 5.95. The Morgan fingerprint density at radius 3 is 2.50 bits per heavy atom. The number of amides is 2. The van der Waals surface area contributed by atoms with Crippen LogP contribution < -0.4 is 19.5 Å². The molecule has 1 aliphatic rings. The van der Waals surface area contributed by atoms with Crippen LogP contribution in [0.4, 0.5) is 0 Å². The van der Waals surface area contributed by atoms with Crippen molar-refractivity contribution in [3.05, 3.63) is 53.6 Å². The van der Waals surface area contributed by atoms with E-state index < -0.39 is 0 Å². The highest BCUT2D eigenvalue weighted by atomic mass is 16.5. The molecule has 0 bridgehead atoms. The fourth-order valence-electron chi connectivity index (χ4n) is 4.21. The first-order valence-corrected chi connectivity index (χ1v) is 11.0. The summed E-state index contributed by atoms with van der Waals surface area (Å²) in [5.41, 5.74) is 1.40. The van der Waals surface area contributed by atoms with Gasteiger partial charge in [-0.1, -0.05) is 31.5 Å². The van der Waals surface area contributed by atoms with Gasteiger partial charge in [0.15, 0.2) is 11.5 Å². The van der Waals surface area contributed by atoms with Gasteiger partial charge in [-0.2, -0.15) is 0 Å². The Bertz CT molecular complexity index is 946. The van der Waals surface area contributed by atoms with Crippen LogP contribution >= 0.6 is 0 Å². The number of carbonyl (C=O) groups excluding carboxylic acids is 2. The first-order valence-electron chi connectivity index (χ1n) is 11.0. The second-order valence-electron chi connectivity index (χ2n) is 7.88. The predicted octanol–water partition coefficient (Wildman–Crippen LogP) is 3.48. The number of likely N-dealkylation sites (tertiary alicyclic amines) is 1. The number of hydrogen-bond acceptors (Lipinski definition) is 5. The normalized spacial score (nSPS) is 17.7. The maximum Gasteiger partial charge on any atom is 0.254 e. The molecule has 7 heteroatoms. The summed E-state index contributed by atoms with van der Waals surface area (Å²) in [6, 6.07) is 12.7. The third kappa shape index (κ3) is 4.98. The predicted molar refractivity (Wildman–Crippen MR) is 123 cm³/mol. The molecule has 2 amide bonds. The van der Waals surface area contributed by atoms with Gasteiger partial charge in [0.1, 0.15) is 5.75 Å². The zero-order valence-corrected chi connectivity index (χ0v) is 19.2. The molecule has 0 saturated carbocycles. The van der Waals surface area contributed by atoms with Gasteiger partial charge < -0.3 is 24.4 Å². The van der Waals surface area contributed by atoms with Crippen LogP contribution in [-0.2, 0) is 4.79 Å². The van der Waals surface area contributed by atoms with Crippen molar-refractivity contribution in [3.63, 3.8) is 0 Å². The van der Waals surface area contributed by atoms with Gasteiger partial charge in [-0.05, 0) is 30.7 Å². The Kier molecular flexibility index (Phi) is 7.98. The molecule has 3 rings (SSSR count). The summed E-state index contributed by atoms with van der Waals surface area (Å²) < 4.78 is 16.4. The minimum atomic E-state index is -0.387. The van der Waals surface area contributed by atoms with E-state index in [1.165, 1.54) is 0 Å². The Labute approximate surface area is 189 Å². The largest absolute Gasteiger partial charge is 0.497 e. The van der Waals surface area contributed by atoms with E-state index in [4.69, 9.17) is 14.2 Å². The van der Waals surface area contributed by atoms with E-state index in [2.05, 4.69) is 12.2 Å². The lowest BCUT2D eigenvalue weighted by Gasteiger charge is -2.21. The van der Waals surface area contributed by atoms with Gasteiger partial charge in [0.25, 0.3) is 5.91 Å². The summed E-state index contributed by atoms with van der Waals surface area (Å²) in [6.07, 6.45) is 1.91. The second-order valence-corrected chi connectivity index (χ2v) is 7.88. The molecule has 0 spiro atoms. The maximum atomic E-state index is 13.3. The van der Waals surface area contributed by atoms with Crippen molar-refractivity contribution in [2.24, 2.45) is 5.92 Å². The zero-order valence-electron chi connectivity index (χ0n) is 19.2. The van der Waals surface area contributed by atoms with Crippen LogP contribution in [0.25, 0.3) is 0 Å².